The van der Waals surface area contributed by atoms with Crippen molar-refractivity contribution in [2.24, 2.45) is 0 Å². The van der Waals surface area contributed by atoms with Crippen LogP contribution in [-0.4, -0.2) is 11.9 Å². The predicted octanol–water partition coefficient (Wildman–Crippen LogP) is 3.98. The first kappa shape index (κ1) is 14.9. The maximum Gasteiger partial charge on any atom is 0.336 e. The lowest BCUT2D eigenvalue weighted by Gasteiger charge is -2.16. The Morgan fingerprint density at radius 1 is 1.23 bits per heavy atom. The maximum absolute atomic E-state index is 11.8. The summed E-state index contributed by atoms with van der Waals surface area (Å²) in [5, 5.41) is 1.53. The molecule has 0 aliphatic carbocycles. The highest BCUT2D eigenvalue weighted by Crippen LogP contribution is 2.26. The molecule has 2 heterocycles. The van der Waals surface area contributed by atoms with Crippen LogP contribution < -0.4 is 5.63 Å². The van der Waals surface area contributed by atoms with E-state index in [1.807, 2.05) is 32.2 Å². The second-order valence-corrected chi connectivity index (χ2v) is 5.85. The molecule has 0 unspecified atom stereocenters. The van der Waals surface area contributed by atoms with Crippen LogP contribution in [0.1, 0.15) is 16.9 Å². The Bertz CT molecular complexity index is 852. The molecule has 3 aromatic rings. The maximum atomic E-state index is 11.8. The first-order valence-corrected chi connectivity index (χ1v) is 7.34. The lowest BCUT2D eigenvalue weighted by molar-refractivity contribution is 0.288. The van der Waals surface area contributed by atoms with E-state index >= 15 is 0 Å². The first-order valence-electron chi connectivity index (χ1n) is 6.97. The molecule has 114 valence electrons. The molecule has 0 spiro atoms. The zero-order chi connectivity index (χ0) is 15.7. The summed E-state index contributed by atoms with van der Waals surface area (Å²) in [5.41, 5.74) is 1.99. The van der Waals surface area contributed by atoms with Gasteiger partial charge in [-0.3, -0.25) is 4.90 Å². The van der Waals surface area contributed by atoms with Gasteiger partial charge in [-0.05, 0) is 49.4 Å². The van der Waals surface area contributed by atoms with Crippen molar-refractivity contribution in [3.63, 3.8) is 0 Å². The number of hydrogen-bond donors (Lipinski definition) is 0. The van der Waals surface area contributed by atoms with Crippen molar-refractivity contribution in [2.75, 3.05) is 7.05 Å². The summed E-state index contributed by atoms with van der Waals surface area (Å²) in [6.45, 7) is 3.15. The fourth-order valence-electron chi connectivity index (χ4n) is 2.49. The van der Waals surface area contributed by atoms with E-state index in [-0.39, 0.29) is 5.63 Å². The Morgan fingerprint density at radius 3 is 2.77 bits per heavy atom. The molecule has 0 amide bonds. The van der Waals surface area contributed by atoms with Gasteiger partial charge in [-0.25, -0.2) is 4.79 Å². The minimum Gasteiger partial charge on any atom is -0.468 e. The molecule has 0 bridgehead atoms. The second kappa shape index (κ2) is 5.99. The number of fused-ring (bicyclic) bond motifs is 1. The predicted molar refractivity (Wildman–Crippen MR) is 86.1 cm³/mol. The topological polar surface area (TPSA) is 46.6 Å². The molecule has 1 aromatic carbocycles. The third-order valence-corrected chi connectivity index (χ3v) is 3.96. The number of benzene rings is 1. The van der Waals surface area contributed by atoms with Crippen LogP contribution in [0.25, 0.3) is 11.0 Å². The molecule has 2 aromatic heterocycles. The van der Waals surface area contributed by atoms with Gasteiger partial charge in [-0.1, -0.05) is 11.6 Å². The number of rotatable bonds is 4. The van der Waals surface area contributed by atoms with Gasteiger partial charge in [0.2, 0.25) is 0 Å². The lowest BCUT2D eigenvalue weighted by Crippen LogP contribution is -2.18. The summed E-state index contributed by atoms with van der Waals surface area (Å²) in [7, 11) is 1.97. The normalized spacial score (nSPS) is 11.5. The summed E-state index contributed by atoms with van der Waals surface area (Å²) in [6, 6.07) is 8.96. The van der Waals surface area contributed by atoms with Crippen molar-refractivity contribution in [2.45, 2.75) is 20.0 Å². The van der Waals surface area contributed by atoms with E-state index in [1.165, 1.54) is 6.07 Å². The molecular weight excluding hydrogens is 302 g/mol. The van der Waals surface area contributed by atoms with Gasteiger partial charge in [0, 0.05) is 23.0 Å². The highest BCUT2D eigenvalue weighted by molar-refractivity contribution is 6.32. The molecule has 0 aliphatic heterocycles. The van der Waals surface area contributed by atoms with Crippen LogP contribution in [0.4, 0.5) is 0 Å². The molecule has 0 saturated carbocycles. The Hall–Kier alpha value is -2.04. The minimum absolute atomic E-state index is 0.351. The Morgan fingerprint density at radius 2 is 2.05 bits per heavy atom. The Labute approximate surface area is 132 Å². The van der Waals surface area contributed by atoms with Crippen LogP contribution in [0.3, 0.4) is 0 Å². The molecular formula is C17H16ClNO3. The van der Waals surface area contributed by atoms with Crippen molar-refractivity contribution in [1.82, 2.24) is 4.90 Å². The summed E-state index contributed by atoms with van der Waals surface area (Å²) in [4.78, 5) is 13.8. The monoisotopic (exact) mass is 317 g/mol. The molecule has 5 heteroatoms. The molecule has 0 N–H and O–H groups in total. The van der Waals surface area contributed by atoms with E-state index in [9.17, 15) is 4.79 Å². The van der Waals surface area contributed by atoms with Crippen molar-refractivity contribution in [3.8, 4) is 0 Å². The van der Waals surface area contributed by atoms with Crippen molar-refractivity contribution in [3.05, 3.63) is 68.9 Å². The molecule has 0 aliphatic rings. The van der Waals surface area contributed by atoms with Crippen LogP contribution in [0.2, 0.25) is 5.02 Å². The molecule has 0 atom stereocenters. The van der Waals surface area contributed by atoms with Gasteiger partial charge in [0.1, 0.15) is 11.3 Å². The zero-order valence-electron chi connectivity index (χ0n) is 12.4. The highest BCUT2D eigenvalue weighted by atomic mass is 35.5. The van der Waals surface area contributed by atoms with Gasteiger partial charge in [0.15, 0.2) is 0 Å². The van der Waals surface area contributed by atoms with Crippen molar-refractivity contribution in [1.29, 1.82) is 0 Å². The summed E-state index contributed by atoms with van der Waals surface area (Å²) < 4.78 is 10.6. The van der Waals surface area contributed by atoms with Gasteiger partial charge < -0.3 is 8.83 Å². The molecule has 0 saturated heterocycles. The van der Waals surface area contributed by atoms with Gasteiger partial charge in [-0.15, -0.1) is 0 Å². The second-order valence-electron chi connectivity index (χ2n) is 5.44. The number of aryl methyl sites for hydroxylation is 1. The number of halogens is 1. The van der Waals surface area contributed by atoms with Gasteiger partial charge in [0.25, 0.3) is 0 Å². The Kier molecular flexibility index (Phi) is 4.05. The number of hydrogen-bond acceptors (Lipinski definition) is 4. The van der Waals surface area contributed by atoms with E-state index in [2.05, 4.69) is 4.90 Å². The van der Waals surface area contributed by atoms with E-state index in [0.29, 0.717) is 23.7 Å². The average Bonchev–Trinajstić information content (AvgIpc) is 2.93. The third kappa shape index (κ3) is 3.08. The van der Waals surface area contributed by atoms with Crippen LogP contribution in [0.15, 0.2) is 50.2 Å². The summed E-state index contributed by atoms with van der Waals surface area (Å²) in [5.74, 6) is 0.878. The quantitative estimate of drug-likeness (QED) is 0.683. The fourth-order valence-corrected chi connectivity index (χ4v) is 2.66. The fraction of sp³-hybridized carbons (Fsp3) is 0.235. The average molecular weight is 318 g/mol. The van der Waals surface area contributed by atoms with Crippen LogP contribution in [0, 0.1) is 6.92 Å². The van der Waals surface area contributed by atoms with Crippen LogP contribution >= 0.6 is 11.6 Å². The molecule has 0 radical (unpaired) electrons. The molecule has 3 rings (SSSR count). The lowest BCUT2D eigenvalue weighted by atomic mass is 10.1. The van der Waals surface area contributed by atoms with Gasteiger partial charge in [-0.2, -0.15) is 0 Å². The van der Waals surface area contributed by atoms with E-state index < -0.39 is 0 Å². The van der Waals surface area contributed by atoms with Gasteiger partial charge in [0.05, 0.1) is 12.8 Å². The standard InChI is InChI=1S/C17H16ClNO3/c1-11-6-16-14(8-15(11)18)12(7-17(20)22-16)9-19(2)10-13-4-3-5-21-13/h3-8H,9-10H2,1-2H3. The van der Waals surface area contributed by atoms with Crippen molar-refractivity contribution >= 4 is 22.6 Å². The molecule has 0 fully saturated rings. The van der Waals surface area contributed by atoms with Gasteiger partial charge >= 0.3 is 5.63 Å². The largest absolute Gasteiger partial charge is 0.468 e. The van der Waals surface area contributed by atoms with E-state index in [1.54, 1.807) is 12.3 Å². The van der Waals surface area contributed by atoms with Crippen LogP contribution in [-0.2, 0) is 13.1 Å². The minimum atomic E-state index is -0.351. The zero-order valence-corrected chi connectivity index (χ0v) is 13.2. The summed E-state index contributed by atoms with van der Waals surface area (Å²) >= 11 is 6.20. The SMILES string of the molecule is Cc1cc2oc(=O)cc(CN(C)Cc3ccco3)c2cc1Cl. The first-order chi connectivity index (χ1) is 10.5. The van der Waals surface area contributed by atoms with E-state index in [4.69, 9.17) is 20.4 Å². The van der Waals surface area contributed by atoms with E-state index in [0.717, 1.165) is 22.3 Å². The summed E-state index contributed by atoms with van der Waals surface area (Å²) in [6.07, 6.45) is 1.65. The Balaban J connectivity index is 1.95. The number of nitrogens with zero attached hydrogens (tertiary/aromatic N) is 1. The highest BCUT2D eigenvalue weighted by Gasteiger charge is 2.11. The number of furan rings is 1. The van der Waals surface area contributed by atoms with Crippen molar-refractivity contribution < 1.29 is 8.83 Å². The smallest absolute Gasteiger partial charge is 0.336 e. The third-order valence-electron chi connectivity index (χ3n) is 3.56. The molecule has 4 nitrogen and oxygen atoms in total. The van der Waals surface area contributed by atoms with Crippen LogP contribution in [0.5, 0.6) is 0 Å². The molecule has 22 heavy (non-hydrogen) atoms.